The predicted molar refractivity (Wildman–Crippen MR) is 69.9 cm³/mol. The van der Waals surface area contributed by atoms with Crippen molar-refractivity contribution in [3.8, 4) is 0 Å². The first-order chi connectivity index (χ1) is 11.6. The molecule has 0 radical (unpaired) electrons. The van der Waals surface area contributed by atoms with Gasteiger partial charge in [0, 0.05) is 49.6 Å². The molecule has 0 heterocycles. The standard InChI is InChI=1S/2C6H8O7.Ca.Mg.Zn/c2*7-3(8)1-6(13,5(11)12)2-4(9)10;;;/h2*13H,1-2H2,(H,7,8)(H,9,10)(H,11,12);;;/q;;3*+2/p-6. The van der Waals surface area contributed by atoms with Gasteiger partial charge in [-0.3, -0.25) is 0 Å². The Morgan fingerprint density at radius 3 is 0.759 bits per heavy atom. The first-order valence-electron chi connectivity index (χ1n) is 6.23. The van der Waals surface area contributed by atoms with Gasteiger partial charge in [0.2, 0.25) is 0 Å². The van der Waals surface area contributed by atoms with Gasteiger partial charge in [-0.2, -0.15) is 0 Å². The number of aliphatic hydroxyl groups is 2. The zero-order chi connectivity index (χ0) is 21.3. The molecule has 2 N–H and O–H groups in total. The Morgan fingerprint density at radius 1 is 0.552 bits per heavy atom. The van der Waals surface area contributed by atoms with Gasteiger partial charge in [-0.25, -0.2) is 0 Å². The monoisotopic (exact) mass is 506 g/mol. The van der Waals surface area contributed by atoms with Crippen molar-refractivity contribution in [1.82, 2.24) is 0 Å². The van der Waals surface area contributed by atoms with Crippen LogP contribution in [0.1, 0.15) is 25.7 Å². The van der Waals surface area contributed by atoms with Crippen molar-refractivity contribution in [3.05, 3.63) is 0 Å². The van der Waals surface area contributed by atoms with E-state index >= 15 is 0 Å². The zero-order valence-electron chi connectivity index (χ0n) is 14.7. The summed E-state index contributed by atoms with van der Waals surface area (Å²) < 4.78 is 0. The molecule has 0 saturated heterocycles. The van der Waals surface area contributed by atoms with Crippen molar-refractivity contribution < 1.29 is 89.1 Å². The van der Waals surface area contributed by atoms with Crippen molar-refractivity contribution in [2.75, 3.05) is 0 Å². The molecule has 0 spiro atoms. The van der Waals surface area contributed by atoms with Gasteiger partial charge in [-0.05, 0) is 0 Å². The Hall–Kier alpha value is -0.611. The second-order valence-electron chi connectivity index (χ2n) is 4.83. The zero-order valence-corrected chi connectivity index (χ0v) is 21.3. The van der Waals surface area contributed by atoms with E-state index in [1.54, 1.807) is 0 Å². The maximum Gasteiger partial charge on any atom is 2.00 e. The van der Waals surface area contributed by atoms with Gasteiger partial charge >= 0.3 is 80.3 Å². The Labute approximate surface area is 220 Å². The molecule has 0 aromatic rings. The molecule has 0 aliphatic rings. The summed E-state index contributed by atoms with van der Waals surface area (Å²) in [7, 11) is 0. The third-order valence-electron chi connectivity index (χ3n) is 2.51. The van der Waals surface area contributed by atoms with Crippen LogP contribution in [0.5, 0.6) is 0 Å². The molecule has 0 saturated carbocycles. The van der Waals surface area contributed by atoms with Crippen molar-refractivity contribution >= 4 is 96.6 Å². The molecular weight excluding hydrogens is 498 g/mol. The number of carbonyl (C=O) groups is 6. The van der Waals surface area contributed by atoms with Crippen LogP contribution in [0.4, 0.5) is 0 Å². The molecule has 14 nitrogen and oxygen atoms in total. The first kappa shape index (κ1) is 38.9. The van der Waals surface area contributed by atoms with E-state index in [1.165, 1.54) is 0 Å². The van der Waals surface area contributed by atoms with Crippen LogP contribution in [0, 0.1) is 0 Å². The van der Waals surface area contributed by atoms with Gasteiger partial charge in [0.05, 0.1) is 11.9 Å². The number of aliphatic carboxylic acids is 6. The topological polar surface area (TPSA) is 281 Å². The SMILES string of the molecule is O=C([O-])CC(O)(CC(=O)[O-])C(=O)[O-].O=C([O-])CC(O)(CC(=O)[O-])C(=O)[O-].[Ca+2].[Mg+2].[Zn+2]. The fourth-order valence-electron chi connectivity index (χ4n) is 1.37. The number of carbonyl (C=O) groups excluding carboxylic acids is 6. The Bertz CT molecular complexity index is 525. The summed E-state index contributed by atoms with van der Waals surface area (Å²) in [5, 5.41) is 77.9. The van der Waals surface area contributed by atoms with Gasteiger partial charge in [0.25, 0.3) is 0 Å². The fraction of sp³-hybridized carbons (Fsp3) is 0.500. The maximum atomic E-state index is 10.1. The molecule has 0 amide bonds. The third-order valence-corrected chi connectivity index (χ3v) is 2.51. The van der Waals surface area contributed by atoms with Crippen molar-refractivity contribution in [2.24, 2.45) is 0 Å². The van der Waals surface area contributed by atoms with Crippen LogP contribution in [0.25, 0.3) is 0 Å². The first-order valence-corrected chi connectivity index (χ1v) is 6.23. The van der Waals surface area contributed by atoms with E-state index in [1.807, 2.05) is 0 Å². The molecule has 0 bridgehead atoms. The molecule has 0 atom stereocenters. The maximum absolute atomic E-state index is 10.1. The summed E-state index contributed by atoms with van der Waals surface area (Å²) in [6, 6.07) is 0. The van der Waals surface area contributed by atoms with Gasteiger partial charge in [-0.1, -0.05) is 0 Å². The molecule has 17 heteroatoms. The average molecular weight is 508 g/mol. The molecule has 0 rings (SSSR count). The molecule has 0 unspecified atom stereocenters. The van der Waals surface area contributed by atoms with Crippen LogP contribution >= 0.6 is 0 Å². The van der Waals surface area contributed by atoms with E-state index in [0.717, 1.165) is 0 Å². The van der Waals surface area contributed by atoms with Gasteiger partial charge in [0.15, 0.2) is 0 Å². The second kappa shape index (κ2) is 17.1. The molecule has 0 aliphatic carbocycles. The second-order valence-corrected chi connectivity index (χ2v) is 4.83. The van der Waals surface area contributed by atoms with Crippen molar-refractivity contribution in [1.29, 1.82) is 0 Å². The summed E-state index contributed by atoms with van der Waals surface area (Å²) in [5.41, 5.74) is -5.95. The van der Waals surface area contributed by atoms with E-state index in [-0.39, 0.29) is 80.3 Å². The normalized spacial score (nSPS) is 9.72. The molecule has 148 valence electrons. The summed E-state index contributed by atoms with van der Waals surface area (Å²) in [6.07, 6.45) is -5.43. The van der Waals surface area contributed by atoms with E-state index in [9.17, 15) is 59.4 Å². The molecule has 0 aromatic heterocycles. The van der Waals surface area contributed by atoms with E-state index in [2.05, 4.69) is 0 Å². The molecule has 0 fully saturated rings. The van der Waals surface area contributed by atoms with Crippen LogP contribution in [0.3, 0.4) is 0 Å². The molecular formula is C12H10CaMgO14Zn. The quantitative estimate of drug-likeness (QED) is 0.259. The fourth-order valence-corrected chi connectivity index (χ4v) is 1.37. The van der Waals surface area contributed by atoms with Gasteiger partial charge in [-0.15, -0.1) is 0 Å². The Kier molecular flexibility index (Phi) is 23.0. The third kappa shape index (κ3) is 17.9. The number of carboxylic acids is 6. The van der Waals surface area contributed by atoms with E-state index in [0.29, 0.717) is 0 Å². The summed E-state index contributed by atoms with van der Waals surface area (Å²) in [6.45, 7) is 0. The van der Waals surface area contributed by atoms with Crippen molar-refractivity contribution in [2.45, 2.75) is 36.9 Å². The van der Waals surface area contributed by atoms with Crippen LogP contribution in [-0.4, -0.2) is 118 Å². The van der Waals surface area contributed by atoms with E-state index < -0.39 is 72.7 Å². The number of carboxylic acid groups (broad SMARTS) is 6. The molecule has 0 aliphatic heterocycles. The smallest absolute Gasteiger partial charge is 0.550 e. The summed E-state index contributed by atoms with van der Waals surface area (Å²) >= 11 is 0. The largest absolute Gasteiger partial charge is 2.00 e. The van der Waals surface area contributed by atoms with Crippen LogP contribution in [0.15, 0.2) is 0 Å². The van der Waals surface area contributed by atoms with E-state index in [4.69, 9.17) is 10.2 Å². The number of hydrogen-bond donors (Lipinski definition) is 2. The van der Waals surface area contributed by atoms with Crippen LogP contribution in [0.2, 0.25) is 0 Å². The predicted octanol–water partition coefficient (Wildman–Crippen LogP) is -11.3. The van der Waals surface area contributed by atoms with Crippen LogP contribution < -0.4 is 30.6 Å². The minimum Gasteiger partial charge on any atom is -0.550 e. The minimum atomic E-state index is -2.97. The number of hydrogen-bond acceptors (Lipinski definition) is 14. The Morgan fingerprint density at radius 2 is 0.690 bits per heavy atom. The Balaban J connectivity index is -0.000000120. The minimum absolute atomic E-state index is 0. The van der Waals surface area contributed by atoms with Gasteiger partial charge < -0.3 is 69.6 Å². The molecule has 0 aromatic carbocycles. The molecule has 29 heavy (non-hydrogen) atoms. The van der Waals surface area contributed by atoms with Crippen LogP contribution in [-0.2, 0) is 48.2 Å². The summed E-state index contributed by atoms with van der Waals surface area (Å²) in [5.74, 6) is -12.0. The summed E-state index contributed by atoms with van der Waals surface area (Å²) in [4.78, 5) is 60.0. The average Bonchev–Trinajstić information content (AvgIpc) is 2.34. The van der Waals surface area contributed by atoms with Gasteiger partial charge in [0.1, 0.15) is 11.2 Å². The number of rotatable bonds is 10. The van der Waals surface area contributed by atoms with Crippen molar-refractivity contribution in [3.63, 3.8) is 0 Å².